The smallest absolute Gasteiger partial charge is 0.354 e. The molecule has 3 aromatic carbocycles. The summed E-state index contributed by atoms with van der Waals surface area (Å²) in [4.78, 5) is 17.0. The fourth-order valence-electron chi connectivity index (χ4n) is 3.09. The molecule has 5 nitrogen and oxygen atoms in total. The van der Waals surface area contributed by atoms with E-state index in [0.717, 1.165) is 10.8 Å². The van der Waals surface area contributed by atoms with Crippen LogP contribution in [0.5, 0.6) is 0 Å². The minimum absolute atomic E-state index is 0.0858. The average Bonchev–Trinajstić information content (AvgIpc) is 2.68. The third kappa shape index (κ3) is 2.41. The fraction of sp³-hybridized carbons (Fsp3) is 0. The fourth-order valence-corrected chi connectivity index (χ4v) is 3.09. The van der Waals surface area contributed by atoms with Crippen molar-refractivity contribution in [1.82, 2.24) is 9.55 Å². The van der Waals surface area contributed by atoms with E-state index in [1.807, 2.05) is 54.6 Å². The lowest BCUT2D eigenvalue weighted by Gasteiger charge is -2.15. The molecule has 0 unspecified atom stereocenters. The third-order valence-corrected chi connectivity index (χ3v) is 4.30. The Hall–Kier alpha value is -3.91. The van der Waals surface area contributed by atoms with E-state index in [1.165, 1.54) is 4.57 Å². The van der Waals surface area contributed by atoms with E-state index in [9.17, 15) is 10.1 Å². The van der Waals surface area contributed by atoms with Gasteiger partial charge in [0, 0.05) is 10.9 Å². The number of hydrogen-bond donors (Lipinski definition) is 1. The average molecular weight is 338 g/mol. The van der Waals surface area contributed by atoms with Crippen LogP contribution in [0.25, 0.3) is 27.7 Å². The first-order valence-corrected chi connectivity index (χ1v) is 8.07. The van der Waals surface area contributed by atoms with Crippen molar-refractivity contribution < 1.29 is 0 Å². The van der Waals surface area contributed by atoms with E-state index in [-0.39, 0.29) is 11.4 Å². The van der Waals surface area contributed by atoms with Crippen LogP contribution in [0.2, 0.25) is 0 Å². The molecule has 4 rings (SSSR count). The van der Waals surface area contributed by atoms with Crippen molar-refractivity contribution in [3.8, 4) is 23.0 Å². The molecule has 0 saturated carbocycles. The number of fused-ring (bicyclic) bond motifs is 1. The summed E-state index contributed by atoms with van der Waals surface area (Å²) in [6.45, 7) is 0. The molecule has 2 N–H and O–H groups in total. The third-order valence-electron chi connectivity index (χ3n) is 4.30. The van der Waals surface area contributed by atoms with Gasteiger partial charge in [-0.05, 0) is 11.5 Å². The van der Waals surface area contributed by atoms with Crippen molar-refractivity contribution >= 4 is 16.6 Å². The normalized spacial score (nSPS) is 10.6. The predicted octanol–water partition coefficient (Wildman–Crippen LogP) is 3.51. The quantitative estimate of drug-likeness (QED) is 0.606. The zero-order valence-electron chi connectivity index (χ0n) is 13.8. The molecule has 4 aromatic rings. The van der Waals surface area contributed by atoms with Crippen LogP contribution in [0.3, 0.4) is 0 Å². The summed E-state index contributed by atoms with van der Waals surface area (Å²) < 4.78 is 1.30. The van der Waals surface area contributed by atoms with Crippen LogP contribution in [-0.4, -0.2) is 9.55 Å². The number of anilines is 1. The van der Waals surface area contributed by atoms with Gasteiger partial charge in [0.05, 0.1) is 11.4 Å². The Bertz CT molecular complexity index is 1220. The van der Waals surface area contributed by atoms with Crippen molar-refractivity contribution in [2.75, 3.05) is 5.73 Å². The molecule has 0 aliphatic rings. The van der Waals surface area contributed by atoms with Crippen molar-refractivity contribution in [2.24, 2.45) is 0 Å². The van der Waals surface area contributed by atoms with Crippen LogP contribution in [0.15, 0.2) is 77.6 Å². The van der Waals surface area contributed by atoms with Crippen LogP contribution in [0.1, 0.15) is 5.56 Å². The number of nitrogens with two attached hydrogens (primary N) is 1. The van der Waals surface area contributed by atoms with Crippen molar-refractivity contribution in [3.05, 3.63) is 88.8 Å². The lowest BCUT2D eigenvalue weighted by molar-refractivity contribution is 0.932. The Morgan fingerprint density at radius 2 is 1.62 bits per heavy atom. The Kier molecular flexibility index (Phi) is 3.71. The van der Waals surface area contributed by atoms with E-state index in [0.29, 0.717) is 16.9 Å². The number of benzene rings is 3. The highest BCUT2D eigenvalue weighted by Gasteiger charge is 2.18. The monoisotopic (exact) mass is 338 g/mol. The second kappa shape index (κ2) is 6.19. The van der Waals surface area contributed by atoms with E-state index >= 15 is 0 Å². The van der Waals surface area contributed by atoms with Crippen LogP contribution >= 0.6 is 0 Å². The van der Waals surface area contributed by atoms with Gasteiger partial charge < -0.3 is 5.73 Å². The van der Waals surface area contributed by atoms with Gasteiger partial charge in [0.2, 0.25) is 0 Å². The first kappa shape index (κ1) is 15.6. The second-order valence-electron chi connectivity index (χ2n) is 5.81. The van der Waals surface area contributed by atoms with E-state index in [2.05, 4.69) is 11.1 Å². The molecule has 0 amide bonds. The van der Waals surface area contributed by atoms with Crippen molar-refractivity contribution in [2.45, 2.75) is 0 Å². The van der Waals surface area contributed by atoms with Crippen molar-refractivity contribution in [3.63, 3.8) is 0 Å². The Balaban J connectivity index is 2.06. The number of rotatable bonds is 2. The van der Waals surface area contributed by atoms with Gasteiger partial charge in [-0.2, -0.15) is 10.2 Å². The zero-order valence-corrected chi connectivity index (χ0v) is 13.8. The first-order chi connectivity index (χ1) is 12.7. The van der Waals surface area contributed by atoms with Crippen molar-refractivity contribution in [1.29, 1.82) is 5.26 Å². The minimum Gasteiger partial charge on any atom is -0.384 e. The second-order valence-corrected chi connectivity index (χ2v) is 5.81. The molecule has 0 radical (unpaired) electrons. The van der Waals surface area contributed by atoms with Gasteiger partial charge in [0.15, 0.2) is 0 Å². The summed E-state index contributed by atoms with van der Waals surface area (Å²) in [5, 5.41) is 11.5. The topological polar surface area (TPSA) is 84.7 Å². The van der Waals surface area contributed by atoms with Crippen LogP contribution < -0.4 is 11.4 Å². The predicted molar refractivity (Wildman–Crippen MR) is 102 cm³/mol. The molecule has 0 saturated heterocycles. The molecule has 1 heterocycles. The number of nitriles is 1. The Labute approximate surface area is 149 Å². The molecule has 0 atom stereocenters. The minimum atomic E-state index is -0.517. The molecule has 0 spiro atoms. The molecular formula is C21H14N4O. The first-order valence-electron chi connectivity index (χ1n) is 8.07. The molecule has 1 aromatic heterocycles. The number of aromatic nitrogens is 2. The number of nitrogen functional groups attached to an aromatic ring is 1. The Morgan fingerprint density at radius 1 is 0.923 bits per heavy atom. The zero-order chi connectivity index (χ0) is 18.1. The van der Waals surface area contributed by atoms with Gasteiger partial charge in [-0.25, -0.2) is 9.36 Å². The standard InChI is InChI=1S/C21H14N4O/c22-13-17-19(15-8-2-1-3-9-15)24-21(26)25(20(17)23)18-12-6-10-14-7-4-5-11-16(14)18/h1-12H,23H2. The molecule has 0 fully saturated rings. The van der Waals surface area contributed by atoms with Gasteiger partial charge in [-0.3, -0.25) is 0 Å². The Morgan fingerprint density at radius 3 is 2.38 bits per heavy atom. The highest BCUT2D eigenvalue weighted by atomic mass is 16.1. The molecule has 5 heteroatoms. The van der Waals surface area contributed by atoms with Gasteiger partial charge in [0.1, 0.15) is 17.5 Å². The number of nitrogens with zero attached hydrogens (tertiary/aromatic N) is 3. The van der Waals surface area contributed by atoms with E-state index < -0.39 is 5.69 Å². The molecule has 124 valence electrons. The summed E-state index contributed by atoms with van der Waals surface area (Å²) >= 11 is 0. The van der Waals surface area contributed by atoms with E-state index in [1.54, 1.807) is 18.2 Å². The van der Waals surface area contributed by atoms with Crippen LogP contribution in [0, 0.1) is 11.3 Å². The lowest BCUT2D eigenvalue weighted by Crippen LogP contribution is -2.26. The maximum atomic E-state index is 12.8. The van der Waals surface area contributed by atoms with Gasteiger partial charge in [-0.15, -0.1) is 0 Å². The summed E-state index contributed by atoms with van der Waals surface area (Å²) in [5.74, 6) is 0.0858. The summed E-state index contributed by atoms with van der Waals surface area (Å²) in [5.41, 5.74) is 7.51. The molecular weight excluding hydrogens is 324 g/mol. The van der Waals surface area contributed by atoms with Gasteiger partial charge >= 0.3 is 5.69 Å². The van der Waals surface area contributed by atoms with Gasteiger partial charge in [-0.1, -0.05) is 66.7 Å². The lowest BCUT2D eigenvalue weighted by atomic mass is 10.1. The highest BCUT2D eigenvalue weighted by Crippen LogP contribution is 2.28. The van der Waals surface area contributed by atoms with E-state index in [4.69, 9.17) is 5.73 Å². The summed E-state index contributed by atoms with van der Waals surface area (Å²) in [6.07, 6.45) is 0. The molecule has 0 aliphatic heterocycles. The van der Waals surface area contributed by atoms with Crippen LogP contribution in [0.4, 0.5) is 5.82 Å². The highest BCUT2D eigenvalue weighted by molar-refractivity contribution is 5.91. The SMILES string of the molecule is N#Cc1c(-c2ccccc2)nc(=O)n(-c2cccc3ccccc23)c1N. The number of hydrogen-bond acceptors (Lipinski definition) is 4. The van der Waals surface area contributed by atoms with Gasteiger partial charge in [0.25, 0.3) is 0 Å². The maximum absolute atomic E-state index is 12.8. The van der Waals surface area contributed by atoms with Crippen LogP contribution in [-0.2, 0) is 0 Å². The molecule has 0 bridgehead atoms. The molecule has 26 heavy (non-hydrogen) atoms. The summed E-state index contributed by atoms with van der Waals surface area (Å²) in [6, 6.07) is 24.5. The largest absolute Gasteiger partial charge is 0.384 e. The molecule has 0 aliphatic carbocycles. The maximum Gasteiger partial charge on any atom is 0.354 e. The summed E-state index contributed by atoms with van der Waals surface area (Å²) in [7, 11) is 0.